The summed E-state index contributed by atoms with van der Waals surface area (Å²) in [5.41, 5.74) is 1.88. The number of hydrogen-bond donors (Lipinski definition) is 0. The third-order valence-electron chi connectivity index (χ3n) is 4.91. The van der Waals surface area contributed by atoms with Gasteiger partial charge in [0, 0.05) is 32.7 Å². The van der Waals surface area contributed by atoms with Gasteiger partial charge in [0.2, 0.25) is 0 Å². The maximum Gasteiger partial charge on any atom is 0.573 e. The molecule has 1 fully saturated rings. The second-order valence-electron chi connectivity index (χ2n) is 7.18. The predicted octanol–water partition coefficient (Wildman–Crippen LogP) is 4.37. The highest BCUT2D eigenvalue weighted by molar-refractivity contribution is 8.18. The van der Waals surface area contributed by atoms with Crippen molar-refractivity contribution in [3.05, 3.63) is 70.6 Å². The number of amides is 1. The number of benzene rings is 2. The number of rotatable bonds is 4. The van der Waals surface area contributed by atoms with Crippen LogP contribution >= 0.6 is 11.8 Å². The van der Waals surface area contributed by atoms with E-state index < -0.39 is 6.36 Å². The average Bonchev–Trinajstić information content (AvgIpc) is 3.10. The van der Waals surface area contributed by atoms with Crippen molar-refractivity contribution in [1.29, 1.82) is 0 Å². The summed E-state index contributed by atoms with van der Waals surface area (Å²) in [6, 6.07) is 15.7. The van der Waals surface area contributed by atoms with Crippen molar-refractivity contribution in [1.82, 2.24) is 9.80 Å². The van der Waals surface area contributed by atoms with Gasteiger partial charge in [-0.15, -0.1) is 13.2 Å². The van der Waals surface area contributed by atoms with Crippen LogP contribution in [0.3, 0.4) is 0 Å². The van der Waals surface area contributed by atoms with E-state index in [9.17, 15) is 18.0 Å². The maximum absolute atomic E-state index is 12.3. The van der Waals surface area contributed by atoms with E-state index in [1.807, 2.05) is 18.2 Å². The smallest absolute Gasteiger partial charge is 0.406 e. The molecule has 4 rings (SSSR count). The molecule has 1 saturated heterocycles. The molecule has 2 heterocycles. The Bertz CT molecular complexity index is 983. The first-order valence-corrected chi connectivity index (χ1v) is 10.6. The van der Waals surface area contributed by atoms with Gasteiger partial charge in [-0.2, -0.15) is 4.99 Å². The largest absolute Gasteiger partial charge is 0.573 e. The van der Waals surface area contributed by atoms with Gasteiger partial charge >= 0.3 is 6.36 Å². The average molecular weight is 447 g/mol. The van der Waals surface area contributed by atoms with Crippen LogP contribution in [0.25, 0.3) is 6.08 Å². The van der Waals surface area contributed by atoms with Crippen LogP contribution in [0, 0.1) is 0 Å². The van der Waals surface area contributed by atoms with Crippen molar-refractivity contribution >= 4 is 28.9 Å². The van der Waals surface area contributed by atoms with E-state index in [0.717, 1.165) is 32.7 Å². The van der Waals surface area contributed by atoms with Crippen molar-refractivity contribution in [3.63, 3.8) is 0 Å². The lowest BCUT2D eigenvalue weighted by atomic mass is 10.2. The van der Waals surface area contributed by atoms with Gasteiger partial charge in [0.05, 0.1) is 4.91 Å². The van der Waals surface area contributed by atoms with E-state index in [-0.39, 0.29) is 11.7 Å². The highest BCUT2D eigenvalue weighted by Crippen LogP contribution is 2.31. The highest BCUT2D eigenvalue weighted by atomic mass is 32.2. The lowest BCUT2D eigenvalue weighted by Gasteiger charge is -2.35. The van der Waals surface area contributed by atoms with E-state index in [1.165, 1.54) is 41.6 Å². The molecule has 9 heteroatoms. The zero-order valence-corrected chi connectivity index (χ0v) is 17.3. The minimum absolute atomic E-state index is 0.301. The topological polar surface area (TPSA) is 45.1 Å². The lowest BCUT2D eigenvalue weighted by molar-refractivity contribution is -0.274. The van der Waals surface area contributed by atoms with Crippen LogP contribution in [-0.2, 0) is 11.3 Å². The van der Waals surface area contributed by atoms with Crippen molar-refractivity contribution in [2.75, 3.05) is 26.2 Å². The number of piperazine rings is 1. The summed E-state index contributed by atoms with van der Waals surface area (Å²) in [5.74, 6) is -0.632. The van der Waals surface area contributed by atoms with E-state index in [0.29, 0.717) is 15.6 Å². The first-order chi connectivity index (χ1) is 14.9. The van der Waals surface area contributed by atoms with E-state index in [1.54, 1.807) is 6.08 Å². The molecule has 162 valence electrons. The van der Waals surface area contributed by atoms with Gasteiger partial charge in [-0.25, -0.2) is 0 Å². The van der Waals surface area contributed by atoms with E-state index in [2.05, 4.69) is 31.7 Å². The van der Waals surface area contributed by atoms with E-state index in [4.69, 9.17) is 0 Å². The van der Waals surface area contributed by atoms with Gasteiger partial charge in [0.15, 0.2) is 5.17 Å². The molecule has 5 nitrogen and oxygen atoms in total. The molecule has 0 aromatic heterocycles. The Kier molecular flexibility index (Phi) is 6.33. The molecular formula is C22H20F3N3O2S. The number of carbonyl (C=O) groups excluding carboxylic acids is 1. The van der Waals surface area contributed by atoms with Crippen LogP contribution in [-0.4, -0.2) is 53.4 Å². The second-order valence-corrected chi connectivity index (χ2v) is 8.18. The molecule has 2 aliphatic heterocycles. The van der Waals surface area contributed by atoms with Crippen LogP contribution < -0.4 is 4.74 Å². The summed E-state index contributed by atoms with van der Waals surface area (Å²) in [5, 5.41) is 0.674. The summed E-state index contributed by atoms with van der Waals surface area (Å²) >= 11 is 1.30. The number of carbonyl (C=O) groups is 1. The zero-order chi connectivity index (χ0) is 21.8. The number of aliphatic imine (C=N–C) groups is 1. The van der Waals surface area contributed by atoms with Crippen LogP contribution in [0.15, 0.2) is 64.5 Å². The lowest BCUT2D eigenvalue weighted by Crippen LogP contribution is -2.47. The minimum Gasteiger partial charge on any atom is -0.406 e. The Balaban J connectivity index is 1.32. The van der Waals surface area contributed by atoms with Gasteiger partial charge in [0.1, 0.15) is 5.75 Å². The van der Waals surface area contributed by atoms with Crippen molar-refractivity contribution < 1.29 is 22.7 Å². The van der Waals surface area contributed by atoms with Gasteiger partial charge in [-0.05, 0) is 41.1 Å². The molecule has 0 N–H and O–H groups in total. The number of ether oxygens (including phenoxy) is 1. The number of alkyl halides is 3. The molecule has 0 spiro atoms. The molecule has 0 unspecified atom stereocenters. The predicted molar refractivity (Wildman–Crippen MR) is 114 cm³/mol. The summed E-state index contributed by atoms with van der Waals surface area (Å²) in [6.45, 7) is 4.21. The van der Waals surface area contributed by atoms with Crippen molar-refractivity contribution in [2.45, 2.75) is 12.9 Å². The molecule has 2 aromatic carbocycles. The molecular weight excluding hydrogens is 427 g/mol. The van der Waals surface area contributed by atoms with Crippen molar-refractivity contribution in [2.24, 2.45) is 4.99 Å². The second kappa shape index (κ2) is 9.15. The quantitative estimate of drug-likeness (QED) is 0.652. The summed E-state index contributed by atoms with van der Waals surface area (Å²) in [6.07, 6.45) is -3.10. The normalized spacial score (nSPS) is 19.1. The third kappa shape index (κ3) is 5.89. The van der Waals surface area contributed by atoms with E-state index >= 15 is 0 Å². The molecule has 0 radical (unpaired) electrons. The number of nitrogens with zero attached hydrogens (tertiary/aromatic N) is 3. The van der Waals surface area contributed by atoms with Crippen LogP contribution in [0.5, 0.6) is 5.75 Å². The Morgan fingerprint density at radius 3 is 2.32 bits per heavy atom. The fraction of sp³-hybridized carbons (Fsp3) is 0.273. The zero-order valence-electron chi connectivity index (χ0n) is 16.5. The fourth-order valence-electron chi connectivity index (χ4n) is 3.39. The first kappa shape index (κ1) is 21.5. The number of thioether (sulfide) groups is 1. The van der Waals surface area contributed by atoms with Gasteiger partial charge in [-0.3, -0.25) is 9.69 Å². The van der Waals surface area contributed by atoms with Gasteiger partial charge < -0.3 is 9.64 Å². The summed E-state index contributed by atoms with van der Waals surface area (Å²) in [7, 11) is 0. The molecule has 31 heavy (non-hydrogen) atoms. The first-order valence-electron chi connectivity index (χ1n) is 9.75. The molecule has 0 atom stereocenters. The number of hydrogen-bond acceptors (Lipinski definition) is 5. The number of amidine groups is 1. The third-order valence-corrected chi connectivity index (χ3v) is 5.96. The highest BCUT2D eigenvalue weighted by Gasteiger charge is 2.31. The Labute approximate surface area is 182 Å². The van der Waals surface area contributed by atoms with Crippen molar-refractivity contribution in [3.8, 4) is 5.75 Å². The van der Waals surface area contributed by atoms with Gasteiger partial charge in [0.25, 0.3) is 5.91 Å². The molecule has 0 saturated carbocycles. The Morgan fingerprint density at radius 2 is 1.68 bits per heavy atom. The van der Waals surface area contributed by atoms with Gasteiger partial charge in [-0.1, -0.05) is 42.5 Å². The summed E-state index contributed by atoms with van der Waals surface area (Å²) in [4.78, 5) is 21.4. The molecule has 0 aliphatic carbocycles. The molecule has 1 amide bonds. The fourth-order valence-corrected chi connectivity index (χ4v) is 4.35. The minimum atomic E-state index is -4.73. The monoisotopic (exact) mass is 447 g/mol. The standard InChI is InChI=1S/C22H20F3N3O2S/c23-22(24,25)30-18-8-6-16(7-9-18)14-19-20(29)26-21(31-19)28-12-10-27(11-13-28)15-17-4-2-1-3-5-17/h1-9,14H,10-13,15H2. The van der Waals surface area contributed by atoms with Crippen LogP contribution in [0.1, 0.15) is 11.1 Å². The van der Waals surface area contributed by atoms with Crippen LogP contribution in [0.4, 0.5) is 13.2 Å². The molecule has 2 aromatic rings. The Hall–Kier alpha value is -2.78. The SMILES string of the molecule is O=C1N=C(N2CCN(Cc3ccccc3)CC2)SC1=Cc1ccc(OC(F)(F)F)cc1. The summed E-state index contributed by atoms with van der Waals surface area (Å²) < 4.78 is 40.7. The maximum atomic E-state index is 12.3. The van der Waals surface area contributed by atoms with Crippen LogP contribution in [0.2, 0.25) is 0 Å². The number of halogens is 3. The molecule has 0 bridgehead atoms. The molecule has 2 aliphatic rings. The Morgan fingerprint density at radius 1 is 1.00 bits per heavy atom.